The molecule has 0 saturated heterocycles. The first-order chi connectivity index (χ1) is 10.6. The zero-order valence-electron chi connectivity index (χ0n) is 14.6. The molecule has 2 N–H and O–H groups in total. The van der Waals surface area contributed by atoms with Crippen molar-refractivity contribution in [1.29, 1.82) is 0 Å². The van der Waals surface area contributed by atoms with Crippen LogP contribution in [0.5, 0.6) is 0 Å². The number of aromatic nitrogens is 2. The molecule has 1 fully saturated rings. The molecule has 0 spiro atoms. The number of carbonyl (C=O) groups excluding carboxylic acids is 1. The topological polar surface area (TPSA) is 84.2 Å². The molecular formula is C17H27N3O3. The third kappa shape index (κ3) is 3.92. The lowest BCUT2D eigenvalue weighted by Crippen LogP contribution is -2.45. The van der Waals surface area contributed by atoms with Gasteiger partial charge in [-0.25, -0.2) is 4.79 Å². The highest BCUT2D eigenvalue weighted by Crippen LogP contribution is 2.41. The fourth-order valence-electron chi connectivity index (χ4n) is 2.61. The van der Waals surface area contributed by atoms with Gasteiger partial charge in [0.2, 0.25) is 0 Å². The second-order valence-electron chi connectivity index (χ2n) is 7.49. The smallest absolute Gasteiger partial charge is 0.326 e. The summed E-state index contributed by atoms with van der Waals surface area (Å²) in [6.45, 7) is 9.88. The highest BCUT2D eigenvalue weighted by molar-refractivity contribution is 5.95. The summed E-state index contributed by atoms with van der Waals surface area (Å²) in [4.78, 5) is 23.8. The normalized spacial score (nSPS) is 17.6. The molecular weight excluding hydrogens is 294 g/mol. The van der Waals surface area contributed by atoms with Crippen LogP contribution >= 0.6 is 0 Å². The van der Waals surface area contributed by atoms with Crippen LogP contribution in [0.25, 0.3) is 0 Å². The van der Waals surface area contributed by atoms with E-state index in [2.05, 4.69) is 10.4 Å². The first-order valence-electron chi connectivity index (χ1n) is 8.29. The van der Waals surface area contributed by atoms with Gasteiger partial charge in [0, 0.05) is 11.6 Å². The van der Waals surface area contributed by atoms with E-state index >= 15 is 0 Å². The number of aliphatic carboxylic acids is 1. The Labute approximate surface area is 137 Å². The molecule has 1 aromatic heterocycles. The van der Waals surface area contributed by atoms with Crippen LogP contribution in [0.4, 0.5) is 0 Å². The quantitative estimate of drug-likeness (QED) is 0.844. The summed E-state index contributed by atoms with van der Waals surface area (Å²) < 4.78 is 1.90. The van der Waals surface area contributed by atoms with Gasteiger partial charge in [0.1, 0.15) is 11.7 Å². The molecule has 1 aliphatic rings. The van der Waals surface area contributed by atoms with E-state index in [1.807, 2.05) is 45.4 Å². The van der Waals surface area contributed by atoms with Crippen LogP contribution in [0.15, 0.2) is 6.07 Å². The van der Waals surface area contributed by atoms with Gasteiger partial charge in [-0.1, -0.05) is 20.3 Å². The Balaban J connectivity index is 2.24. The predicted molar refractivity (Wildman–Crippen MR) is 87.5 cm³/mol. The minimum atomic E-state index is -1.01. The minimum Gasteiger partial charge on any atom is -0.480 e. The Kier molecular flexibility index (Phi) is 4.82. The molecule has 1 heterocycles. The summed E-state index contributed by atoms with van der Waals surface area (Å²) >= 11 is 0. The minimum absolute atomic E-state index is 0.135. The maximum absolute atomic E-state index is 12.5. The average molecular weight is 321 g/mol. The molecule has 23 heavy (non-hydrogen) atoms. The van der Waals surface area contributed by atoms with Crippen LogP contribution in [0, 0.1) is 5.92 Å². The van der Waals surface area contributed by atoms with Crippen LogP contribution in [0.2, 0.25) is 0 Å². The molecule has 0 aliphatic heterocycles. The summed E-state index contributed by atoms with van der Waals surface area (Å²) in [5, 5.41) is 16.4. The summed E-state index contributed by atoms with van der Waals surface area (Å²) in [7, 11) is 0. The van der Waals surface area contributed by atoms with Gasteiger partial charge in [0.15, 0.2) is 0 Å². The van der Waals surface area contributed by atoms with E-state index < -0.39 is 17.9 Å². The molecule has 2 rings (SSSR count). The molecule has 1 amide bonds. The number of rotatable bonds is 6. The Morgan fingerprint density at radius 3 is 2.48 bits per heavy atom. The van der Waals surface area contributed by atoms with E-state index in [9.17, 15) is 14.7 Å². The zero-order valence-corrected chi connectivity index (χ0v) is 14.6. The third-order valence-electron chi connectivity index (χ3n) is 4.37. The standard InChI is InChI=1S/C17H27N3O3/c1-6-10(2)14(16(22)23)18-15(21)12-9-13(11-7-8-11)20(19-12)17(3,4)5/h9-11,14H,6-8H2,1-5H3,(H,18,21)(H,22,23). The lowest BCUT2D eigenvalue weighted by atomic mass is 9.99. The fraction of sp³-hybridized carbons (Fsp3) is 0.706. The van der Waals surface area contributed by atoms with Crippen molar-refractivity contribution in [3.8, 4) is 0 Å². The van der Waals surface area contributed by atoms with E-state index in [-0.39, 0.29) is 11.5 Å². The van der Waals surface area contributed by atoms with Crippen molar-refractivity contribution < 1.29 is 14.7 Å². The van der Waals surface area contributed by atoms with Gasteiger partial charge in [0.25, 0.3) is 5.91 Å². The van der Waals surface area contributed by atoms with Gasteiger partial charge in [-0.3, -0.25) is 9.48 Å². The fourth-order valence-corrected chi connectivity index (χ4v) is 2.61. The Morgan fingerprint density at radius 2 is 2.04 bits per heavy atom. The second-order valence-corrected chi connectivity index (χ2v) is 7.49. The molecule has 0 bridgehead atoms. The van der Waals surface area contributed by atoms with Crippen molar-refractivity contribution in [2.75, 3.05) is 0 Å². The molecule has 2 atom stereocenters. The SMILES string of the molecule is CCC(C)C(NC(=O)c1cc(C2CC2)n(C(C)(C)C)n1)C(=O)O. The predicted octanol–water partition coefficient (Wildman–Crippen LogP) is 2.74. The second kappa shape index (κ2) is 6.34. The van der Waals surface area contributed by atoms with E-state index in [4.69, 9.17) is 0 Å². The Morgan fingerprint density at radius 1 is 1.43 bits per heavy atom. The van der Waals surface area contributed by atoms with Gasteiger partial charge in [-0.2, -0.15) is 5.10 Å². The van der Waals surface area contributed by atoms with E-state index in [1.54, 1.807) is 0 Å². The van der Waals surface area contributed by atoms with Gasteiger partial charge >= 0.3 is 5.97 Å². The van der Waals surface area contributed by atoms with Crippen molar-refractivity contribution in [3.05, 3.63) is 17.5 Å². The number of nitrogens with zero attached hydrogens (tertiary/aromatic N) is 2. The van der Waals surface area contributed by atoms with Crippen molar-refractivity contribution >= 4 is 11.9 Å². The maximum atomic E-state index is 12.5. The monoisotopic (exact) mass is 321 g/mol. The van der Waals surface area contributed by atoms with Crippen molar-refractivity contribution in [2.45, 2.75) is 71.4 Å². The lowest BCUT2D eigenvalue weighted by molar-refractivity contribution is -0.140. The van der Waals surface area contributed by atoms with E-state index in [1.165, 1.54) is 0 Å². The first-order valence-corrected chi connectivity index (χ1v) is 8.29. The molecule has 6 heteroatoms. The average Bonchev–Trinajstić information content (AvgIpc) is 3.20. The summed E-state index contributed by atoms with van der Waals surface area (Å²) in [5.74, 6) is -1.09. The number of carboxylic acids is 1. The van der Waals surface area contributed by atoms with Gasteiger partial charge in [-0.05, 0) is 45.6 Å². The van der Waals surface area contributed by atoms with Crippen LogP contribution in [-0.2, 0) is 10.3 Å². The molecule has 1 saturated carbocycles. The highest BCUT2D eigenvalue weighted by Gasteiger charge is 2.33. The zero-order chi connectivity index (χ0) is 17.4. The number of carbonyl (C=O) groups is 2. The largest absolute Gasteiger partial charge is 0.480 e. The number of hydrogen-bond donors (Lipinski definition) is 2. The lowest BCUT2D eigenvalue weighted by Gasteiger charge is -2.22. The van der Waals surface area contributed by atoms with E-state index in [0.717, 1.165) is 18.5 Å². The number of hydrogen-bond acceptors (Lipinski definition) is 3. The van der Waals surface area contributed by atoms with Crippen molar-refractivity contribution in [2.24, 2.45) is 5.92 Å². The highest BCUT2D eigenvalue weighted by atomic mass is 16.4. The molecule has 1 aliphatic carbocycles. The number of carboxylic acid groups (broad SMARTS) is 1. The number of nitrogens with one attached hydrogen (secondary N) is 1. The maximum Gasteiger partial charge on any atom is 0.326 e. The van der Waals surface area contributed by atoms with Crippen LogP contribution in [-0.4, -0.2) is 32.8 Å². The molecule has 0 aromatic carbocycles. The van der Waals surface area contributed by atoms with Crippen LogP contribution in [0.1, 0.15) is 76.0 Å². The summed E-state index contributed by atoms with van der Waals surface area (Å²) in [5.41, 5.74) is 1.16. The Hall–Kier alpha value is -1.85. The first kappa shape index (κ1) is 17.5. The molecule has 128 valence electrons. The van der Waals surface area contributed by atoms with Gasteiger partial charge in [0.05, 0.1) is 5.54 Å². The molecule has 0 radical (unpaired) electrons. The molecule has 1 aromatic rings. The van der Waals surface area contributed by atoms with Crippen LogP contribution in [0.3, 0.4) is 0 Å². The molecule has 6 nitrogen and oxygen atoms in total. The summed E-state index contributed by atoms with van der Waals surface area (Å²) in [6.07, 6.45) is 2.92. The summed E-state index contributed by atoms with van der Waals surface area (Å²) in [6, 6.07) is 0.921. The van der Waals surface area contributed by atoms with Gasteiger partial charge < -0.3 is 10.4 Å². The van der Waals surface area contributed by atoms with E-state index in [0.29, 0.717) is 18.0 Å². The molecule has 2 unspecified atom stereocenters. The van der Waals surface area contributed by atoms with Crippen molar-refractivity contribution in [1.82, 2.24) is 15.1 Å². The van der Waals surface area contributed by atoms with Gasteiger partial charge in [-0.15, -0.1) is 0 Å². The Bertz CT molecular complexity index is 597. The third-order valence-corrected chi connectivity index (χ3v) is 4.37. The van der Waals surface area contributed by atoms with Crippen LogP contribution < -0.4 is 5.32 Å². The van der Waals surface area contributed by atoms with Crippen molar-refractivity contribution in [3.63, 3.8) is 0 Å². The number of amides is 1.